The van der Waals surface area contributed by atoms with Gasteiger partial charge in [-0.15, -0.1) is 0 Å². The first-order chi connectivity index (χ1) is 10.1. The number of hydrogen-bond donors (Lipinski definition) is 0. The lowest BCUT2D eigenvalue weighted by Gasteiger charge is -1.99. The monoisotopic (exact) mass is 284 g/mol. The van der Waals surface area contributed by atoms with E-state index < -0.39 is 10.9 Å². The van der Waals surface area contributed by atoms with Crippen LogP contribution in [0.3, 0.4) is 0 Å². The van der Waals surface area contributed by atoms with Gasteiger partial charge in [0.15, 0.2) is 0 Å². The summed E-state index contributed by atoms with van der Waals surface area (Å²) in [6, 6.07) is 12.7. The SMILES string of the molecule is COC(=O)c1ccc(N=Cc2cccc([N+](=O)[O-])c2)cc1. The average Bonchev–Trinajstić information content (AvgIpc) is 2.53. The number of benzene rings is 2. The van der Waals surface area contributed by atoms with Crippen LogP contribution in [0.2, 0.25) is 0 Å². The summed E-state index contributed by atoms with van der Waals surface area (Å²) in [6.45, 7) is 0. The predicted octanol–water partition coefficient (Wildman–Crippen LogP) is 3.13. The number of hydrogen-bond acceptors (Lipinski definition) is 5. The second-order valence-corrected chi connectivity index (χ2v) is 4.15. The van der Waals surface area contributed by atoms with Crippen LogP contribution in [0.25, 0.3) is 0 Å². The lowest BCUT2D eigenvalue weighted by atomic mass is 10.2. The van der Waals surface area contributed by atoms with E-state index in [2.05, 4.69) is 9.73 Å². The number of esters is 1. The van der Waals surface area contributed by atoms with E-state index in [9.17, 15) is 14.9 Å². The van der Waals surface area contributed by atoms with E-state index in [1.165, 1.54) is 25.5 Å². The van der Waals surface area contributed by atoms with Gasteiger partial charge in [-0.05, 0) is 29.8 Å². The molecule has 106 valence electrons. The molecule has 0 saturated carbocycles. The van der Waals surface area contributed by atoms with Gasteiger partial charge >= 0.3 is 5.97 Å². The molecule has 0 bridgehead atoms. The molecule has 2 aromatic rings. The fraction of sp³-hybridized carbons (Fsp3) is 0.0667. The Morgan fingerprint density at radius 1 is 1.24 bits per heavy atom. The van der Waals surface area contributed by atoms with Gasteiger partial charge in [0, 0.05) is 18.3 Å². The highest BCUT2D eigenvalue weighted by molar-refractivity contribution is 5.90. The van der Waals surface area contributed by atoms with Crippen LogP contribution in [0.1, 0.15) is 15.9 Å². The van der Waals surface area contributed by atoms with Gasteiger partial charge in [0.25, 0.3) is 5.69 Å². The van der Waals surface area contributed by atoms with Gasteiger partial charge in [-0.25, -0.2) is 4.79 Å². The number of aliphatic imine (C=N–C) groups is 1. The number of carbonyl (C=O) groups excluding carboxylic acids is 1. The first kappa shape index (κ1) is 14.4. The van der Waals surface area contributed by atoms with Crippen LogP contribution >= 0.6 is 0 Å². The summed E-state index contributed by atoms with van der Waals surface area (Å²) >= 11 is 0. The van der Waals surface area contributed by atoms with E-state index in [1.54, 1.807) is 36.4 Å². The third-order valence-electron chi connectivity index (χ3n) is 2.73. The van der Waals surface area contributed by atoms with E-state index in [1.807, 2.05) is 0 Å². The molecular weight excluding hydrogens is 272 g/mol. The minimum atomic E-state index is -0.456. The van der Waals surface area contributed by atoms with Crippen LogP contribution < -0.4 is 0 Å². The fourth-order valence-corrected chi connectivity index (χ4v) is 1.67. The third kappa shape index (κ3) is 3.73. The third-order valence-corrected chi connectivity index (χ3v) is 2.73. The molecule has 0 heterocycles. The molecule has 0 spiro atoms. The van der Waals surface area contributed by atoms with Crippen LogP contribution in [-0.4, -0.2) is 24.2 Å². The molecule has 0 unspecified atom stereocenters. The average molecular weight is 284 g/mol. The summed E-state index contributed by atoms with van der Waals surface area (Å²) in [5, 5.41) is 10.7. The van der Waals surface area contributed by atoms with Gasteiger partial charge in [0.2, 0.25) is 0 Å². The van der Waals surface area contributed by atoms with Crippen molar-refractivity contribution in [2.45, 2.75) is 0 Å². The van der Waals surface area contributed by atoms with E-state index in [0.29, 0.717) is 16.8 Å². The first-order valence-corrected chi connectivity index (χ1v) is 6.07. The highest BCUT2D eigenvalue weighted by Gasteiger charge is 2.05. The Kier molecular flexibility index (Phi) is 4.40. The van der Waals surface area contributed by atoms with Crippen molar-refractivity contribution < 1.29 is 14.5 Å². The van der Waals surface area contributed by atoms with Crippen molar-refractivity contribution in [1.29, 1.82) is 0 Å². The normalized spacial score (nSPS) is 10.5. The molecule has 0 amide bonds. The molecule has 2 aromatic carbocycles. The van der Waals surface area contributed by atoms with E-state index in [0.717, 1.165) is 0 Å². The van der Waals surface area contributed by atoms with E-state index in [4.69, 9.17) is 0 Å². The molecular formula is C15H12N2O4. The summed E-state index contributed by atoms with van der Waals surface area (Å²) in [5.74, 6) is -0.413. The molecule has 0 aromatic heterocycles. The van der Waals surface area contributed by atoms with Crippen molar-refractivity contribution in [3.8, 4) is 0 Å². The Bertz CT molecular complexity index is 693. The number of non-ortho nitro benzene ring substituents is 1. The zero-order valence-electron chi connectivity index (χ0n) is 11.2. The summed E-state index contributed by atoms with van der Waals surface area (Å²) in [5.41, 5.74) is 1.71. The Morgan fingerprint density at radius 2 is 1.95 bits per heavy atom. The maximum Gasteiger partial charge on any atom is 0.337 e. The van der Waals surface area contributed by atoms with Crippen molar-refractivity contribution in [2.24, 2.45) is 4.99 Å². The number of nitro benzene ring substituents is 1. The Hall–Kier alpha value is -3.02. The van der Waals surface area contributed by atoms with Gasteiger partial charge in [-0.2, -0.15) is 0 Å². The molecule has 0 fully saturated rings. The number of nitrogens with zero attached hydrogens (tertiary/aromatic N) is 2. The molecule has 0 radical (unpaired) electrons. The van der Waals surface area contributed by atoms with Crippen molar-refractivity contribution in [3.05, 3.63) is 69.8 Å². The van der Waals surface area contributed by atoms with E-state index in [-0.39, 0.29) is 5.69 Å². The standard InChI is InChI=1S/C15H12N2O4/c1-21-15(18)12-5-7-13(8-6-12)16-10-11-3-2-4-14(9-11)17(19)20/h2-10H,1H3. The topological polar surface area (TPSA) is 81.8 Å². The molecule has 6 heteroatoms. The Labute approximate surface area is 120 Å². The van der Waals surface area contributed by atoms with Crippen molar-refractivity contribution >= 4 is 23.6 Å². The Morgan fingerprint density at radius 3 is 2.57 bits per heavy atom. The largest absolute Gasteiger partial charge is 0.465 e. The molecule has 0 atom stereocenters. The van der Waals surface area contributed by atoms with Crippen LogP contribution in [-0.2, 0) is 4.74 Å². The maximum atomic E-state index is 11.3. The summed E-state index contributed by atoms with van der Waals surface area (Å²) in [7, 11) is 1.32. The lowest BCUT2D eigenvalue weighted by molar-refractivity contribution is -0.384. The summed E-state index contributed by atoms with van der Waals surface area (Å²) in [4.78, 5) is 25.7. The molecule has 2 rings (SSSR count). The first-order valence-electron chi connectivity index (χ1n) is 6.07. The van der Waals surface area contributed by atoms with Gasteiger partial charge in [0.1, 0.15) is 0 Å². The highest BCUT2D eigenvalue weighted by atomic mass is 16.6. The van der Waals surface area contributed by atoms with Crippen molar-refractivity contribution in [3.63, 3.8) is 0 Å². The summed E-state index contributed by atoms with van der Waals surface area (Å²) in [6.07, 6.45) is 1.53. The lowest BCUT2D eigenvalue weighted by Crippen LogP contribution is -1.99. The van der Waals surface area contributed by atoms with Crippen LogP contribution in [0.5, 0.6) is 0 Å². The Balaban J connectivity index is 2.16. The quantitative estimate of drug-likeness (QED) is 0.374. The second-order valence-electron chi connectivity index (χ2n) is 4.15. The minimum Gasteiger partial charge on any atom is -0.465 e. The molecule has 0 aliphatic rings. The highest BCUT2D eigenvalue weighted by Crippen LogP contribution is 2.15. The maximum absolute atomic E-state index is 11.3. The van der Waals surface area contributed by atoms with Gasteiger partial charge in [-0.1, -0.05) is 12.1 Å². The minimum absolute atomic E-state index is 0.0139. The van der Waals surface area contributed by atoms with Gasteiger partial charge in [0.05, 0.1) is 23.3 Å². The zero-order chi connectivity index (χ0) is 15.2. The fourth-order valence-electron chi connectivity index (χ4n) is 1.67. The predicted molar refractivity (Wildman–Crippen MR) is 78.1 cm³/mol. The van der Waals surface area contributed by atoms with Crippen molar-refractivity contribution in [1.82, 2.24) is 0 Å². The smallest absolute Gasteiger partial charge is 0.337 e. The number of ether oxygens (including phenoxy) is 1. The zero-order valence-corrected chi connectivity index (χ0v) is 11.2. The molecule has 0 aliphatic carbocycles. The molecule has 0 N–H and O–H groups in total. The number of carbonyl (C=O) groups is 1. The number of rotatable bonds is 4. The van der Waals surface area contributed by atoms with Crippen molar-refractivity contribution in [2.75, 3.05) is 7.11 Å². The summed E-state index contributed by atoms with van der Waals surface area (Å²) < 4.78 is 4.60. The number of methoxy groups -OCH3 is 1. The van der Waals surface area contributed by atoms with Gasteiger partial charge in [-0.3, -0.25) is 15.1 Å². The van der Waals surface area contributed by atoms with E-state index >= 15 is 0 Å². The van der Waals surface area contributed by atoms with Crippen LogP contribution in [0.15, 0.2) is 53.5 Å². The molecule has 21 heavy (non-hydrogen) atoms. The molecule has 0 saturated heterocycles. The van der Waals surface area contributed by atoms with Gasteiger partial charge < -0.3 is 4.74 Å². The van der Waals surface area contributed by atoms with Crippen LogP contribution in [0.4, 0.5) is 11.4 Å². The number of nitro groups is 1. The van der Waals surface area contributed by atoms with Crippen LogP contribution in [0, 0.1) is 10.1 Å². The molecule has 6 nitrogen and oxygen atoms in total. The second kappa shape index (κ2) is 6.42. The molecule has 0 aliphatic heterocycles.